The molecule has 0 unspecified atom stereocenters. The van der Waals surface area contributed by atoms with Crippen LogP contribution in [0.2, 0.25) is 0 Å². The molecular formula is C15H17N3O. The zero-order valence-electron chi connectivity index (χ0n) is 11.6. The molecule has 98 valence electrons. The van der Waals surface area contributed by atoms with Gasteiger partial charge in [-0.3, -0.25) is 0 Å². The van der Waals surface area contributed by atoms with Crippen molar-refractivity contribution in [3.8, 4) is 23.1 Å². The summed E-state index contributed by atoms with van der Waals surface area (Å²) in [6.45, 7) is 5.87. The molecule has 0 N–H and O–H groups in total. The first-order valence-electron chi connectivity index (χ1n) is 6.23. The Kier molecular flexibility index (Phi) is 3.57. The average Bonchev–Trinajstić information content (AvgIpc) is 2.66. The Hall–Kier alpha value is -2.28. The Labute approximate surface area is 113 Å². The van der Waals surface area contributed by atoms with Crippen molar-refractivity contribution >= 4 is 0 Å². The van der Waals surface area contributed by atoms with Crippen LogP contribution >= 0.6 is 0 Å². The summed E-state index contributed by atoms with van der Waals surface area (Å²) < 4.78 is 7.54. The molecule has 0 saturated heterocycles. The minimum atomic E-state index is 0.152. The Morgan fingerprint density at radius 2 is 1.89 bits per heavy atom. The summed E-state index contributed by atoms with van der Waals surface area (Å²) in [7, 11) is 1.91. The number of aromatic nitrogens is 2. The molecule has 2 rings (SSSR count). The third-order valence-electron chi connectivity index (χ3n) is 2.92. The van der Waals surface area contributed by atoms with Crippen LogP contribution in [0.15, 0.2) is 24.3 Å². The van der Waals surface area contributed by atoms with Crippen molar-refractivity contribution in [3.63, 3.8) is 0 Å². The Morgan fingerprint density at radius 1 is 1.26 bits per heavy atom. The molecule has 2 aromatic rings. The van der Waals surface area contributed by atoms with E-state index < -0.39 is 0 Å². The van der Waals surface area contributed by atoms with Crippen molar-refractivity contribution in [3.05, 3.63) is 35.8 Å². The van der Waals surface area contributed by atoms with Gasteiger partial charge in [0.15, 0.2) is 5.69 Å². The van der Waals surface area contributed by atoms with Gasteiger partial charge in [0.05, 0.1) is 11.8 Å². The van der Waals surface area contributed by atoms with Crippen LogP contribution in [0.25, 0.3) is 11.3 Å². The molecule has 0 spiro atoms. The van der Waals surface area contributed by atoms with Crippen LogP contribution < -0.4 is 4.74 Å². The first-order chi connectivity index (χ1) is 9.02. The van der Waals surface area contributed by atoms with Crippen LogP contribution in [0, 0.1) is 18.3 Å². The molecule has 0 amide bonds. The van der Waals surface area contributed by atoms with E-state index in [1.54, 1.807) is 0 Å². The third kappa shape index (κ3) is 2.60. The normalized spacial score (nSPS) is 10.5. The summed E-state index contributed by atoms with van der Waals surface area (Å²) in [5.41, 5.74) is 2.27. The summed E-state index contributed by atoms with van der Waals surface area (Å²) in [6.07, 6.45) is 0.152. The molecule has 0 aliphatic heterocycles. The maximum Gasteiger partial charge on any atom is 0.166 e. The van der Waals surface area contributed by atoms with Crippen molar-refractivity contribution in [2.75, 3.05) is 0 Å². The molecule has 4 nitrogen and oxygen atoms in total. The fraction of sp³-hybridized carbons (Fsp3) is 0.333. The Morgan fingerprint density at radius 3 is 2.42 bits per heavy atom. The second kappa shape index (κ2) is 5.15. The minimum Gasteiger partial charge on any atom is -0.491 e. The minimum absolute atomic E-state index is 0.152. The van der Waals surface area contributed by atoms with E-state index in [4.69, 9.17) is 10.00 Å². The van der Waals surface area contributed by atoms with Gasteiger partial charge < -0.3 is 9.30 Å². The van der Waals surface area contributed by atoms with Gasteiger partial charge in [0.2, 0.25) is 0 Å². The molecule has 1 aromatic heterocycles. The zero-order valence-corrected chi connectivity index (χ0v) is 11.6. The molecule has 0 saturated carbocycles. The van der Waals surface area contributed by atoms with Gasteiger partial charge in [0.1, 0.15) is 17.6 Å². The Balaban J connectivity index is 2.40. The zero-order chi connectivity index (χ0) is 14.0. The highest BCUT2D eigenvalue weighted by atomic mass is 16.5. The summed E-state index contributed by atoms with van der Waals surface area (Å²) in [5.74, 6) is 1.66. The quantitative estimate of drug-likeness (QED) is 0.847. The molecule has 0 aliphatic rings. The van der Waals surface area contributed by atoms with Crippen LogP contribution in [0.5, 0.6) is 5.75 Å². The smallest absolute Gasteiger partial charge is 0.166 e. The summed E-state index contributed by atoms with van der Waals surface area (Å²) in [5, 5.41) is 9.14. The van der Waals surface area contributed by atoms with Gasteiger partial charge in [-0.2, -0.15) is 5.26 Å². The van der Waals surface area contributed by atoms with E-state index in [0.29, 0.717) is 5.69 Å². The molecule has 0 atom stereocenters. The lowest BCUT2D eigenvalue weighted by molar-refractivity contribution is 0.242. The molecule has 4 heteroatoms. The van der Waals surface area contributed by atoms with E-state index >= 15 is 0 Å². The van der Waals surface area contributed by atoms with Crippen molar-refractivity contribution in [2.24, 2.45) is 7.05 Å². The monoisotopic (exact) mass is 255 g/mol. The van der Waals surface area contributed by atoms with Crippen molar-refractivity contribution in [2.45, 2.75) is 26.9 Å². The maximum atomic E-state index is 9.14. The number of nitrogens with zero attached hydrogens (tertiary/aromatic N) is 3. The van der Waals surface area contributed by atoms with E-state index in [9.17, 15) is 0 Å². The summed E-state index contributed by atoms with van der Waals surface area (Å²) in [6, 6.07) is 9.88. The molecule has 0 bridgehead atoms. The van der Waals surface area contributed by atoms with Crippen LogP contribution in [0.4, 0.5) is 0 Å². The van der Waals surface area contributed by atoms with Crippen LogP contribution in [0.1, 0.15) is 25.4 Å². The number of imidazole rings is 1. The van der Waals surface area contributed by atoms with E-state index in [-0.39, 0.29) is 6.10 Å². The highest BCUT2D eigenvalue weighted by Crippen LogP contribution is 2.26. The van der Waals surface area contributed by atoms with Crippen LogP contribution in [-0.4, -0.2) is 15.7 Å². The lowest BCUT2D eigenvalue weighted by Gasteiger charge is -2.10. The van der Waals surface area contributed by atoms with E-state index in [2.05, 4.69) is 11.1 Å². The van der Waals surface area contributed by atoms with Gasteiger partial charge >= 0.3 is 0 Å². The molecular weight excluding hydrogens is 238 g/mol. The van der Waals surface area contributed by atoms with E-state index in [0.717, 1.165) is 22.8 Å². The predicted octanol–water partition coefficient (Wildman–Crippen LogP) is 3.05. The first-order valence-corrected chi connectivity index (χ1v) is 6.23. The summed E-state index contributed by atoms with van der Waals surface area (Å²) in [4.78, 5) is 4.25. The van der Waals surface area contributed by atoms with Crippen molar-refractivity contribution in [1.82, 2.24) is 9.55 Å². The van der Waals surface area contributed by atoms with Gasteiger partial charge in [0, 0.05) is 12.6 Å². The fourth-order valence-electron chi connectivity index (χ4n) is 1.98. The number of nitriles is 1. The largest absolute Gasteiger partial charge is 0.491 e. The number of hydrogen-bond acceptors (Lipinski definition) is 3. The van der Waals surface area contributed by atoms with Gasteiger partial charge in [-0.15, -0.1) is 0 Å². The van der Waals surface area contributed by atoms with Gasteiger partial charge in [-0.25, -0.2) is 4.98 Å². The number of hydrogen-bond donors (Lipinski definition) is 0. The SMILES string of the molecule is Cc1nc(C#N)c(-c2ccc(OC(C)C)cc2)n1C. The molecule has 0 radical (unpaired) electrons. The highest BCUT2D eigenvalue weighted by Gasteiger charge is 2.13. The maximum absolute atomic E-state index is 9.14. The number of benzene rings is 1. The standard InChI is InChI=1S/C15H17N3O/c1-10(2)19-13-7-5-12(6-8-13)15-14(9-16)17-11(3)18(15)4/h5-8,10H,1-4H3. The van der Waals surface area contributed by atoms with Crippen molar-refractivity contribution < 1.29 is 4.74 Å². The number of ether oxygens (including phenoxy) is 1. The van der Waals surface area contributed by atoms with Crippen LogP contribution in [0.3, 0.4) is 0 Å². The van der Waals surface area contributed by atoms with Crippen LogP contribution in [-0.2, 0) is 7.05 Å². The average molecular weight is 255 g/mol. The molecule has 0 aliphatic carbocycles. The predicted molar refractivity (Wildman–Crippen MR) is 73.9 cm³/mol. The van der Waals surface area contributed by atoms with E-state index in [1.807, 2.05) is 56.7 Å². The van der Waals surface area contributed by atoms with Gasteiger partial charge in [-0.05, 0) is 45.0 Å². The summed E-state index contributed by atoms with van der Waals surface area (Å²) >= 11 is 0. The second-order valence-electron chi connectivity index (χ2n) is 4.72. The molecule has 19 heavy (non-hydrogen) atoms. The lowest BCUT2D eigenvalue weighted by atomic mass is 10.1. The van der Waals surface area contributed by atoms with Gasteiger partial charge in [0.25, 0.3) is 0 Å². The Bertz CT molecular complexity index is 618. The molecule has 0 fully saturated rings. The highest BCUT2D eigenvalue weighted by molar-refractivity contribution is 5.66. The number of aryl methyl sites for hydroxylation is 1. The molecule has 1 aromatic carbocycles. The third-order valence-corrected chi connectivity index (χ3v) is 2.92. The lowest BCUT2D eigenvalue weighted by Crippen LogP contribution is -2.05. The molecule has 1 heterocycles. The second-order valence-corrected chi connectivity index (χ2v) is 4.72. The fourth-order valence-corrected chi connectivity index (χ4v) is 1.98. The topological polar surface area (TPSA) is 50.8 Å². The van der Waals surface area contributed by atoms with Crippen molar-refractivity contribution in [1.29, 1.82) is 5.26 Å². The van der Waals surface area contributed by atoms with Gasteiger partial charge in [-0.1, -0.05) is 0 Å². The number of rotatable bonds is 3. The van der Waals surface area contributed by atoms with E-state index in [1.165, 1.54) is 0 Å². The first kappa shape index (κ1) is 13.2.